The van der Waals surface area contributed by atoms with E-state index in [1.807, 2.05) is 18.5 Å². The third-order valence-electron chi connectivity index (χ3n) is 2.73. The number of rotatable bonds is 3. The van der Waals surface area contributed by atoms with Gasteiger partial charge in [0.15, 0.2) is 0 Å². The third-order valence-corrected chi connectivity index (χ3v) is 4.90. The number of halogens is 1. The van der Waals surface area contributed by atoms with Crippen LogP contribution in [0.4, 0.5) is 5.69 Å². The van der Waals surface area contributed by atoms with E-state index < -0.39 is 0 Å². The summed E-state index contributed by atoms with van der Waals surface area (Å²) >= 11 is 5.57. The van der Waals surface area contributed by atoms with Gasteiger partial charge < -0.3 is 5.32 Å². The largest absolute Gasteiger partial charge is 0.383 e. The zero-order chi connectivity index (χ0) is 10.7. The Morgan fingerprint density at radius 2 is 2.53 bits per heavy atom. The molecule has 2 heterocycles. The van der Waals surface area contributed by atoms with Crippen LogP contribution in [-0.2, 0) is 0 Å². The van der Waals surface area contributed by atoms with Crippen molar-refractivity contribution in [1.29, 1.82) is 0 Å². The number of thioether (sulfide) groups is 1. The summed E-state index contributed by atoms with van der Waals surface area (Å²) in [6.07, 6.45) is 6.30. The fraction of sp³-hybridized carbons (Fsp3) is 0.545. The SMILES string of the molecule is CC1(CNc2ccncc2Br)CCCS1. The minimum atomic E-state index is 0.405. The Kier molecular flexibility index (Phi) is 3.57. The summed E-state index contributed by atoms with van der Waals surface area (Å²) in [4.78, 5) is 4.05. The van der Waals surface area contributed by atoms with Gasteiger partial charge in [0.25, 0.3) is 0 Å². The van der Waals surface area contributed by atoms with Crippen LogP contribution in [-0.4, -0.2) is 22.0 Å². The van der Waals surface area contributed by atoms with Crippen LogP contribution in [0.3, 0.4) is 0 Å². The Morgan fingerprint density at radius 3 is 3.20 bits per heavy atom. The van der Waals surface area contributed by atoms with Crippen molar-refractivity contribution in [3.63, 3.8) is 0 Å². The van der Waals surface area contributed by atoms with Gasteiger partial charge in [-0.2, -0.15) is 11.8 Å². The average molecular weight is 287 g/mol. The fourth-order valence-electron chi connectivity index (χ4n) is 1.78. The van der Waals surface area contributed by atoms with E-state index in [-0.39, 0.29) is 0 Å². The van der Waals surface area contributed by atoms with Crippen LogP contribution in [0.25, 0.3) is 0 Å². The van der Waals surface area contributed by atoms with E-state index in [9.17, 15) is 0 Å². The maximum Gasteiger partial charge on any atom is 0.0590 e. The number of nitrogens with one attached hydrogen (secondary N) is 1. The van der Waals surface area contributed by atoms with E-state index in [0.717, 1.165) is 16.7 Å². The van der Waals surface area contributed by atoms with Crippen LogP contribution in [0.5, 0.6) is 0 Å². The van der Waals surface area contributed by atoms with Crippen molar-refractivity contribution in [2.45, 2.75) is 24.5 Å². The van der Waals surface area contributed by atoms with Crippen LogP contribution in [0.15, 0.2) is 22.9 Å². The molecule has 1 aromatic rings. The normalized spacial score (nSPS) is 25.5. The van der Waals surface area contributed by atoms with Crippen LogP contribution < -0.4 is 5.32 Å². The topological polar surface area (TPSA) is 24.9 Å². The first-order valence-electron chi connectivity index (χ1n) is 5.17. The predicted molar refractivity (Wildman–Crippen MR) is 70.5 cm³/mol. The second-order valence-corrected chi connectivity index (χ2v) is 6.65. The minimum absolute atomic E-state index is 0.405. The van der Waals surface area contributed by atoms with E-state index in [1.165, 1.54) is 18.6 Å². The molecule has 0 aliphatic carbocycles. The molecule has 2 nitrogen and oxygen atoms in total. The summed E-state index contributed by atoms with van der Waals surface area (Å²) in [5.74, 6) is 1.30. The molecule has 15 heavy (non-hydrogen) atoms. The molecule has 1 aromatic heterocycles. The van der Waals surface area contributed by atoms with Crippen LogP contribution in [0.2, 0.25) is 0 Å². The van der Waals surface area contributed by atoms with Gasteiger partial charge in [-0.05, 0) is 47.5 Å². The molecule has 1 atom stereocenters. The van der Waals surface area contributed by atoms with E-state index in [2.05, 4.69) is 44.9 Å². The van der Waals surface area contributed by atoms with Crippen molar-refractivity contribution in [1.82, 2.24) is 4.98 Å². The monoisotopic (exact) mass is 286 g/mol. The van der Waals surface area contributed by atoms with Gasteiger partial charge in [0.2, 0.25) is 0 Å². The standard InChI is InChI=1S/C11H15BrN2S/c1-11(4-2-6-15-11)8-14-10-3-5-13-7-9(10)12/h3,5,7H,2,4,6,8H2,1H3,(H,13,14). The highest BCUT2D eigenvalue weighted by molar-refractivity contribution is 9.10. The maximum absolute atomic E-state index is 4.05. The first-order chi connectivity index (χ1) is 7.20. The first kappa shape index (κ1) is 11.3. The molecule has 82 valence electrons. The second-order valence-electron chi connectivity index (χ2n) is 4.11. The number of hydrogen-bond acceptors (Lipinski definition) is 3. The summed E-state index contributed by atoms with van der Waals surface area (Å²) < 4.78 is 1.44. The van der Waals surface area contributed by atoms with Gasteiger partial charge in [0.05, 0.1) is 10.2 Å². The molecule has 0 aromatic carbocycles. The van der Waals surface area contributed by atoms with Gasteiger partial charge >= 0.3 is 0 Å². The Hall–Kier alpha value is -0.220. The lowest BCUT2D eigenvalue weighted by atomic mass is 10.1. The number of pyridine rings is 1. The molecule has 0 saturated carbocycles. The smallest absolute Gasteiger partial charge is 0.0590 e. The zero-order valence-electron chi connectivity index (χ0n) is 8.79. The maximum atomic E-state index is 4.05. The van der Waals surface area contributed by atoms with Crippen molar-refractivity contribution >= 4 is 33.4 Å². The highest BCUT2D eigenvalue weighted by atomic mass is 79.9. The molecule has 2 rings (SSSR count). The molecule has 1 saturated heterocycles. The molecule has 0 radical (unpaired) electrons. The van der Waals surface area contributed by atoms with E-state index in [4.69, 9.17) is 0 Å². The molecule has 0 amide bonds. The molecule has 1 aliphatic heterocycles. The third kappa shape index (κ3) is 2.88. The molecule has 0 spiro atoms. The van der Waals surface area contributed by atoms with Gasteiger partial charge in [-0.15, -0.1) is 0 Å². The van der Waals surface area contributed by atoms with Crippen molar-refractivity contribution in [3.8, 4) is 0 Å². The molecule has 1 N–H and O–H groups in total. The fourth-order valence-corrected chi connectivity index (χ4v) is 3.41. The summed E-state index contributed by atoms with van der Waals surface area (Å²) in [5.41, 5.74) is 1.14. The zero-order valence-corrected chi connectivity index (χ0v) is 11.2. The molecule has 4 heteroatoms. The van der Waals surface area contributed by atoms with Crippen LogP contribution in [0.1, 0.15) is 19.8 Å². The lowest BCUT2D eigenvalue weighted by Gasteiger charge is -2.23. The first-order valence-corrected chi connectivity index (χ1v) is 6.95. The van der Waals surface area contributed by atoms with Gasteiger partial charge in [0.1, 0.15) is 0 Å². The van der Waals surface area contributed by atoms with Gasteiger partial charge in [-0.3, -0.25) is 4.98 Å². The Bertz CT molecular complexity index is 337. The lowest BCUT2D eigenvalue weighted by Crippen LogP contribution is -2.27. The van der Waals surface area contributed by atoms with Crippen molar-refractivity contribution in [2.75, 3.05) is 17.6 Å². The Morgan fingerprint density at radius 1 is 1.67 bits per heavy atom. The molecular formula is C11H15BrN2S. The lowest BCUT2D eigenvalue weighted by molar-refractivity contribution is 0.634. The molecule has 1 fully saturated rings. The van der Waals surface area contributed by atoms with E-state index >= 15 is 0 Å². The van der Waals surface area contributed by atoms with Crippen LogP contribution >= 0.6 is 27.7 Å². The number of aromatic nitrogens is 1. The highest BCUT2D eigenvalue weighted by Crippen LogP contribution is 2.38. The molecule has 1 aliphatic rings. The van der Waals surface area contributed by atoms with Crippen molar-refractivity contribution in [2.24, 2.45) is 0 Å². The van der Waals surface area contributed by atoms with Crippen molar-refractivity contribution in [3.05, 3.63) is 22.9 Å². The van der Waals surface area contributed by atoms with Crippen molar-refractivity contribution < 1.29 is 0 Å². The van der Waals surface area contributed by atoms with Crippen LogP contribution in [0, 0.1) is 0 Å². The molecule has 1 unspecified atom stereocenters. The summed E-state index contributed by atoms with van der Waals surface area (Å²) in [6, 6.07) is 2.01. The second kappa shape index (κ2) is 4.74. The van der Waals surface area contributed by atoms with Gasteiger partial charge in [-0.25, -0.2) is 0 Å². The quantitative estimate of drug-likeness (QED) is 0.920. The van der Waals surface area contributed by atoms with E-state index in [1.54, 1.807) is 0 Å². The average Bonchev–Trinajstić information content (AvgIpc) is 2.65. The number of hydrogen-bond donors (Lipinski definition) is 1. The predicted octanol–water partition coefficient (Wildman–Crippen LogP) is 3.54. The Labute approximate surface area is 103 Å². The summed E-state index contributed by atoms with van der Waals surface area (Å²) in [6.45, 7) is 3.37. The summed E-state index contributed by atoms with van der Waals surface area (Å²) in [5, 5.41) is 3.49. The molecule has 0 bridgehead atoms. The minimum Gasteiger partial charge on any atom is -0.383 e. The number of nitrogens with zero attached hydrogens (tertiary/aromatic N) is 1. The Balaban J connectivity index is 1.95. The van der Waals surface area contributed by atoms with E-state index in [0.29, 0.717) is 4.75 Å². The van der Waals surface area contributed by atoms with Gasteiger partial charge in [0, 0.05) is 23.7 Å². The number of anilines is 1. The highest BCUT2D eigenvalue weighted by Gasteiger charge is 2.29. The molecular weight excluding hydrogens is 272 g/mol. The van der Waals surface area contributed by atoms with Gasteiger partial charge in [-0.1, -0.05) is 0 Å². The summed E-state index contributed by atoms with van der Waals surface area (Å²) in [7, 11) is 0.